The van der Waals surface area contributed by atoms with Gasteiger partial charge in [0.25, 0.3) is 0 Å². The van der Waals surface area contributed by atoms with Gasteiger partial charge in [0, 0.05) is 5.56 Å². The molecule has 0 radical (unpaired) electrons. The molecule has 0 amide bonds. The van der Waals surface area contributed by atoms with Gasteiger partial charge in [0.05, 0.1) is 16.7 Å². The summed E-state index contributed by atoms with van der Waals surface area (Å²) in [6.07, 6.45) is 0. The van der Waals surface area contributed by atoms with Crippen LogP contribution in [0.5, 0.6) is 0 Å². The Labute approximate surface area is 117 Å². The zero-order chi connectivity index (χ0) is 13.9. The van der Waals surface area contributed by atoms with Crippen molar-refractivity contribution in [1.82, 2.24) is 9.97 Å². The third kappa shape index (κ3) is 2.40. The van der Waals surface area contributed by atoms with Crippen LogP contribution < -0.4 is 5.43 Å². The van der Waals surface area contributed by atoms with Crippen molar-refractivity contribution in [2.45, 2.75) is 13.8 Å². The van der Waals surface area contributed by atoms with Crippen LogP contribution in [0.1, 0.15) is 18.1 Å². The number of imidazole rings is 1. The zero-order valence-corrected chi connectivity index (χ0v) is 11.5. The van der Waals surface area contributed by atoms with E-state index in [1.807, 2.05) is 43.3 Å². The van der Waals surface area contributed by atoms with E-state index in [0.29, 0.717) is 5.95 Å². The maximum Gasteiger partial charge on any atom is 0.222 e. The molecule has 0 aliphatic carbocycles. The lowest BCUT2D eigenvalue weighted by Gasteiger charge is -2.04. The third-order valence-corrected chi connectivity index (χ3v) is 3.25. The van der Waals surface area contributed by atoms with E-state index in [1.54, 1.807) is 0 Å². The summed E-state index contributed by atoms with van der Waals surface area (Å²) in [5.74, 6) is 0.652. The van der Waals surface area contributed by atoms with Crippen LogP contribution in [-0.2, 0) is 0 Å². The molecule has 20 heavy (non-hydrogen) atoms. The van der Waals surface area contributed by atoms with E-state index in [9.17, 15) is 0 Å². The Bertz CT molecular complexity index is 738. The van der Waals surface area contributed by atoms with E-state index in [2.05, 4.69) is 39.6 Å². The highest BCUT2D eigenvalue weighted by Crippen LogP contribution is 2.14. The van der Waals surface area contributed by atoms with Crippen molar-refractivity contribution in [2.24, 2.45) is 5.10 Å². The lowest BCUT2D eigenvalue weighted by Crippen LogP contribution is -2.02. The molecule has 2 aromatic carbocycles. The van der Waals surface area contributed by atoms with Crippen molar-refractivity contribution in [1.29, 1.82) is 0 Å². The highest BCUT2D eigenvalue weighted by Gasteiger charge is 2.03. The molecule has 0 atom stereocenters. The molecule has 0 aliphatic rings. The van der Waals surface area contributed by atoms with Crippen molar-refractivity contribution < 1.29 is 0 Å². The maximum atomic E-state index is 4.43. The fraction of sp³-hybridized carbons (Fsp3) is 0.125. The Morgan fingerprint density at radius 1 is 1.10 bits per heavy atom. The van der Waals surface area contributed by atoms with Crippen LogP contribution in [0.4, 0.5) is 5.95 Å². The largest absolute Gasteiger partial charge is 0.323 e. The summed E-state index contributed by atoms with van der Waals surface area (Å²) >= 11 is 0. The van der Waals surface area contributed by atoms with Gasteiger partial charge in [-0.3, -0.25) is 0 Å². The van der Waals surface area contributed by atoms with Crippen LogP contribution in [0.25, 0.3) is 11.0 Å². The monoisotopic (exact) mass is 264 g/mol. The first-order valence-corrected chi connectivity index (χ1v) is 6.55. The summed E-state index contributed by atoms with van der Waals surface area (Å²) in [5, 5.41) is 4.39. The number of benzene rings is 2. The number of aromatic nitrogens is 2. The van der Waals surface area contributed by atoms with E-state index in [-0.39, 0.29) is 0 Å². The quantitative estimate of drug-likeness (QED) is 0.559. The van der Waals surface area contributed by atoms with Crippen LogP contribution in [0, 0.1) is 6.92 Å². The van der Waals surface area contributed by atoms with Crippen molar-refractivity contribution in [2.75, 3.05) is 5.43 Å². The number of hydrazone groups is 1. The Hall–Kier alpha value is -2.62. The minimum atomic E-state index is 0.652. The molecule has 2 N–H and O–H groups in total. The molecule has 3 aromatic rings. The van der Waals surface area contributed by atoms with Gasteiger partial charge in [-0.1, -0.05) is 36.4 Å². The number of hydrogen-bond donors (Lipinski definition) is 2. The topological polar surface area (TPSA) is 53.1 Å². The summed E-state index contributed by atoms with van der Waals surface area (Å²) in [7, 11) is 0. The number of anilines is 1. The number of aromatic amines is 1. The molecule has 3 rings (SSSR count). The van der Waals surface area contributed by atoms with E-state index in [0.717, 1.165) is 22.3 Å². The number of hydrogen-bond acceptors (Lipinski definition) is 3. The Morgan fingerprint density at radius 3 is 2.65 bits per heavy atom. The first-order valence-electron chi connectivity index (χ1n) is 6.55. The van der Waals surface area contributed by atoms with Gasteiger partial charge in [-0.2, -0.15) is 5.10 Å². The van der Waals surface area contributed by atoms with Gasteiger partial charge in [0.15, 0.2) is 0 Å². The SMILES string of the molecule is C/C(=N/Nc1nc2ccccc2[nH]1)c1ccccc1C. The number of rotatable bonds is 3. The molecule has 0 unspecified atom stereocenters. The fourth-order valence-corrected chi connectivity index (χ4v) is 2.18. The second-order valence-corrected chi connectivity index (χ2v) is 4.73. The van der Waals surface area contributed by atoms with Gasteiger partial charge in [-0.15, -0.1) is 0 Å². The standard InChI is InChI=1S/C16H16N4/c1-11-7-3-4-8-13(11)12(2)19-20-16-17-14-9-5-6-10-15(14)18-16/h3-10H,1-2H3,(H2,17,18,20)/b19-12-. The van der Waals surface area contributed by atoms with Gasteiger partial charge in [0.2, 0.25) is 5.95 Å². The molecule has 1 aromatic heterocycles. The van der Waals surface area contributed by atoms with Crippen LogP contribution in [-0.4, -0.2) is 15.7 Å². The molecule has 0 spiro atoms. The Balaban J connectivity index is 1.84. The molecule has 0 bridgehead atoms. The van der Waals surface area contributed by atoms with E-state index in [4.69, 9.17) is 0 Å². The zero-order valence-electron chi connectivity index (χ0n) is 11.5. The molecule has 0 fully saturated rings. The molecular formula is C16H16N4. The molecule has 100 valence electrons. The molecule has 0 aliphatic heterocycles. The van der Waals surface area contributed by atoms with Gasteiger partial charge in [-0.25, -0.2) is 10.4 Å². The highest BCUT2D eigenvalue weighted by molar-refractivity contribution is 6.00. The predicted octanol–water partition coefficient (Wildman–Crippen LogP) is 3.71. The number of H-pyrrole nitrogens is 1. The molecule has 0 saturated heterocycles. The minimum absolute atomic E-state index is 0.652. The maximum absolute atomic E-state index is 4.43. The van der Waals surface area contributed by atoms with Crippen molar-refractivity contribution >= 4 is 22.7 Å². The molecule has 1 heterocycles. The number of nitrogens with zero attached hydrogens (tertiary/aromatic N) is 2. The smallest absolute Gasteiger partial charge is 0.222 e. The summed E-state index contributed by atoms with van der Waals surface area (Å²) in [4.78, 5) is 7.61. The van der Waals surface area contributed by atoms with Crippen LogP contribution >= 0.6 is 0 Å². The van der Waals surface area contributed by atoms with Gasteiger partial charge in [-0.05, 0) is 31.5 Å². The molecular weight excluding hydrogens is 248 g/mol. The summed E-state index contributed by atoms with van der Waals surface area (Å²) in [6.45, 7) is 4.06. The molecule has 4 nitrogen and oxygen atoms in total. The van der Waals surface area contributed by atoms with Crippen LogP contribution in [0.15, 0.2) is 53.6 Å². The average molecular weight is 264 g/mol. The van der Waals surface area contributed by atoms with Gasteiger partial charge < -0.3 is 4.98 Å². The third-order valence-electron chi connectivity index (χ3n) is 3.25. The van der Waals surface area contributed by atoms with Gasteiger partial charge >= 0.3 is 0 Å². The van der Waals surface area contributed by atoms with Crippen molar-refractivity contribution in [3.05, 3.63) is 59.7 Å². The van der Waals surface area contributed by atoms with Crippen LogP contribution in [0.2, 0.25) is 0 Å². The van der Waals surface area contributed by atoms with E-state index in [1.165, 1.54) is 5.56 Å². The average Bonchev–Trinajstić information content (AvgIpc) is 2.88. The fourth-order valence-electron chi connectivity index (χ4n) is 2.18. The molecule has 0 saturated carbocycles. The van der Waals surface area contributed by atoms with E-state index >= 15 is 0 Å². The highest BCUT2D eigenvalue weighted by atomic mass is 15.4. The second-order valence-electron chi connectivity index (χ2n) is 4.73. The Kier molecular flexibility index (Phi) is 3.21. The summed E-state index contributed by atoms with van der Waals surface area (Å²) in [5.41, 5.74) is 8.19. The second kappa shape index (κ2) is 5.17. The van der Waals surface area contributed by atoms with Crippen LogP contribution in [0.3, 0.4) is 0 Å². The van der Waals surface area contributed by atoms with Crippen molar-refractivity contribution in [3.63, 3.8) is 0 Å². The number of fused-ring (bicyclic) bond motifs is 1. The normalized spacial score (nSPS) is 11.8. The molecule has 4 heteroatoms. The number of nitrogens with one attached hydrogen (secondary N) is 2. The minimum Gasteiger partial charge on any atom is -0.323 e. The Morgan fingerprint density at radius 2 is 1.85 bits per heavy atom. The summed E-state index contributed by atoms with van der Waals surface area (Å²) < 4.78 is 0. The van der Waals surface area contributed by atoms with E-state index < -0.39 is 0 Å². The number of para-hydroxylation sites is 2. The first-order chi connectivity index (χ1) is 9.74. The predicted molar refractivity (Wildman–Crippen MR) is 83.1 cm³/mol. The van der Waals surface area contributed by atoms with Gasteiger partial charge in [0.1, 0.15) is 0 Å². The summed E-state index contributed by atoms with van der Waals surface area (Å²) in [6, 6.07) is 16.1. The van der Waals surface area contributed by atoms with Crippen molar-refractivity contribution in [3.8, 4) is 0 Å². The number of aryl methyl sites for hydroxylation is 1. The first kappa shape index (κ1) is 12.4. The lowest BCUT2D eigenvalue weighted by atomic mass is 10.1. The lowest BCUT2D eigenvalue weighted by molar-refractivity contribution is 1.20.